The van der Waals surface area contributed by atoms with Gasteiger partial charge in [-0.25, -0.2) is 9.87 Å². The van der Waals surface area contributed by atoms with Gasteiger partial charge in [0.15, 0.2) is 5.58 Å². The van der Waals surface area contributed by atoms with Crippen LogP contribution in [-0.4, -0.2) is 17.1 Å². The predicted octanol–water partition coefficient (Wildman–Crippen LogP) is 3.30. The molecule has 1 aromatic carbocycles. The smallest absolute Gasteiger partial charge is 0.282 e. The van der Waals surface area contributed by atoms with Gasteiger partial charge >= 0.3 is 0 Å². The minimum absolute atomic E-state index is 0.0403. The number of carbonyl (C=O) groups excluding carboxylic acids is 1. The summed E-state index contributed by atoms with van der Waals surface area (Å²) in [7, 11) is 1.49. The molecule has 0 unspecified atom stereocenters. The van der Waals surface area contributed by atoms with Crippen molar-refractivity contribution in [2.45, 2.75) is 6.92 Å². The molecule has 0 fully saturated rings. The van der Waals surface area contributed by atoms with Crippen molar-refractivity contribution in [2.75, 3.05) is 11.9 Å². The Balaban J connectivity index is 2.20. The third-order valence-corrected chi connectivity index (χ3v) is 4.39. The highest BCUT2D eigenvalue weighted by molar-refractivity contribution is 14.1. The van der Waals surface area contributed by atoms with Gasteiger partial charge in [-0.2, -0.15) is 0 Å². The standard InChI is InChI=1S/C17H15FIN3O4/c1-3-26-21-16(23)13-14-10(6-7-25-14)17(24)22(2)15(13)20-12-5-4-9(19)8-11(12)18/h4-8,20H,3H2,1-2H3,(H,21,23). The molecule has 136 valence electrons. The number of benzene rings is 1. The zero-order chi connectivity index (χ0) is 18.8. The maximum Gasteiger partial charge on any atom is 0.282 e. The SMILES string of the molecule is CCONC(=O)c1c(Nc2ccc(I)cc2F)n(C)c(=O)c2ccoc12. The Kier molecular flexibility index (Phi) is 5.28. The number of nitrogens with one attached hydrogen (secondary N) is 2. The van der Waals surface area contributed by atoms with Crippen molar-refractivity contribution in [3.63, 3.8) is 0 Å². The summed E-state index contributed by atoms with van der Waals surface area (Å²) in [6, 6.07) is 6.05. The van der Waals surface area contributed by atoms with Crippen LogP contribution < -0.4 is 16.4 Å². The maximum atomic E-state index is 14.3. The average molecular weight is 471 g/mol. The maximum absolute atomic E-state index is 14.3. The number of hydroxylamine groups is 1. The number of halogens is 2. The van der Waals surface area contributed by atoms with E-state index in [1.807, 2.05) is 22.6 Å². The van der Waals surface area contributed by atoms with E-state index in [0.29, 0.717) is 0 Å². The second kappa shape index (κ2) is 7.46. The molecule has 9 heteroatoms. The third kappa shape index (κ3) is 3.31. The van der Waals surface area contributed by atoms with Crippen LogP contribution >= 0.6 is 22.6 Å². The number of hydrogen-bond acceptors (Lipinski definition) is 5. The minimum Gasteiger partial charge on any atom is -0.463 e. The summed E-state index contributed by atoms with van der Waals surface area (Å²) in [6.45, 7) is 1.97. The summed E-state index contributed by atoms with van der Waals surface area (Å²) in [5.41, 5.74) is 2.16. The summed E-state index contributed by atoms with van der Waals surface area (Å²) >= 11 is 1.99. The molecule has 0 saturated heterocycles. The van der Waals surface area contributed by atoms with Crippen LogP contribution in [0.2, 0.25) is 0 Å². The molecule has 0 saturated carbocycles. The molecule has 2 N–H and O–H groups in total. The summed E-state index contributed by atoms with van der Waals surface area (Å²) in [5.74, 6) is -1.04. The molecule has 0 aliphatic heterocycles. The number of amides is 1. The first-order valence-electron chi connectivity index (χ1n) is 7.68. The van der Waals surface area contributed by atoms with E-state index in [1.54, 1.807) is 13.0 Å². The highest BCUT2D eigenvalue weighted by atomic mass is 127. The van der Waals surface area contributed by atoms with Crippen LogP contribution in [0.25, 0.3) is 11.0 Å². The van der Waals surface area contributed by atoms with Crippen LogP contribution in [0, 0.1) is 9.39 Å². The fourth-order valence-electron chi connectivity index (χ4n) is 2.49. The van der Waals surface area contributed by atoms with Crippen LogP contribution in [0.1, 0.15) is 17.3 Å². The van der Waals surface area contributed by atoms with Crippen molar-refractivity contribution in [3.8, 4) is 0 Å². The number of fused-ring (bicyclic) bond motifs is 1. The lowest BCUT2D eigenvalue weighted by Crippen LogP contribution is -2.29. The van der Waals surface area contributed by atoms with Crippen LogP contribution in [0.15, 0.2) is 39.7 Å². The van der Waals surface area contributed by atoms with E-state index in [2.05, 4.69) is 10.8 Å². The van der Waals surface area contributed by atoms with Gasteiger partial charge in [0.1, 0.15) is 17.2 Å². The van der Waals surface area contributed by atoms with Crippen molar-refractivity contribution >= 4 is 51.0 Å². The van der Waals surface area contributed by atoms with E-state index in [1.165, 1.54) is 36.1 Å². The average Bonchev–Trinajstić information content (AvgIpc) is 3.09. The molecule has 0 aliphatic carbocycles. The number of aromatic nitrogens is 1. The van der Waals surface area contributed by atoms with Gasteiger partial charge in [-0.1, -0.05) is 0 Å². The Hall–Kier alpha value is -2.40. The Morgan fingerprint density at radius 2 is 2.15 bits per heavy atom. The molecule has 0 atom stereocenters. The highest BCUT2D eigenvalue weighted by Crippen LogP contribution is 2.28. The third-order valence-electron chi connectivity index (χ3n) is 3.72. The Labute approximate surface area is 161 Å². The number of nitrogens with zero attached hydrogens (tertiary/aromatic N) is 1. The largest absolute Gasteiger partial charge is 0.463 e. The van der Waals surface area contributed by atoms with E-state index < -0.39 is 11.7 Å². The molecular formula is C17H15FIN3O4. The first-order chi connectivity index (χ1) is 12.4. The molecule has 2 heterocycles. The number of furan rings is 1. The van der Waals surface area contributed by atoms with Gasteiger partial charge in [-0.15, -0.1) is 0 Å². The molecule has 0 radical (unpaired) electrons. The fourth-order valence-corrected chi connectivity index (χ4v) is 2.95. The minimum atomic E-state index is -0.615. The van der Waals surface area contributed by atoms with Gasteiger partial charge in [-0.3, -0.25) is 19.0 Å². The highest BCUT2D eigenvalue weighted by Gasteiger charge is 2.24. The van der Waals surface area contributed by atoms with E-state index in [0.717, 1.165) is 3.57 Å². The van der Waals surface area contributed by atoms with E-state index in [-0.39, 0.29) is 40.2 Å². The summed E-state index contributed by atoms with van der Waals surface area (Å²) < 4.78 is 21.6. The molecule has 26 heavy (non-hydrogen) atoms. The number of anilines is 2. The van der Waals surface area contributed by atoms with Crippen molar-refractivity contribution in [3.05, 3.63) is 55.8 Å². The van der Waals surface area contributed by atoms with Crippen molar-refractivity contribution in [2.24, 2.45) is 7.05 Å². The van der Waals surface area contributed by atoms with Crippen molar-refractivity contribution in [1.82, 2.24) is 10.0 Å². The van der Waals surface area contributed by atoms with Gasteiger partial charge in [-0.05, 0) is 53.8 Å². The normalized spacial score (nSPS) is 10.9. The van der Waals surface area contributed by atoms with Crippen molar-refractivity contribution in [1.29, 1.82) is 0 Å². The predicted molar refractivity (Wildman–Crippen MR) is 103 cm³/mol. The summed E-state index contributed by atoms with van der Waals surface area (Å²) in [5, 5.41) is 3.06. The molecular weight excluding hydrogens is 456 g/mol. The Bertz CT molecular complexity index is 1040. The van der Waals surface area contributed by atoms with E-state index in [4.69, 9.17) is 9.25 Å². The van der Waals surface area contributed by atoms with Crippen LogP contribution in [0.5, 0.6) is 0 Å². The van der Waals surface area contributed by atoms with Gasteiger partial charge < -0.3 is 9.73 Å². The summed E-state index contributed by atoms with van der Waals surface area (Å²) in [4.78, 5) is 30.1. The topological polar surface area (TPSA) is 85.5 Å². The second-order valence-electron chi connectivity index (χ2n) is 5.36. The molecule has 0 spiro atoms. The summed E-state index contributed by atoms with van der Waals surface area (Å²) in [6.07, 6.45) is 1.32. The van der Waals surface area contributed by atoms with E-state index >= 15 is 0 Å². The van der Waals surface area contributed by atoms with Gasteiger partial charge in [0.05, 0.1) is 23.9 Å². The van der Waals surface area contributed by atoms with E-state index in [9.17, 15) is 14.0 Å². The quantitative estimate of drug-likeness (QED) is 0.441. The second-order valence-corrected chi connectivity index (χ2v) is 6.61. The lowest BCUT2D eigenvalue weighted by molar-refractivity contribution is 0.0365. The first-order valence-corrected chi connectivity index (χ1v) is 8.76. The molecule has 0 bridgehead atoms. The van der Waals surface area contributed by atoms with Crippen molar-refractivity contribution < 1.29 is 18.4 Å². The number of hydrogen-bond donors (Lipinski definition) is 2. The number of pyridine rings is 1. The van der Waals surface area contributed by atoms with Gasteiger partial charge in [0.25, 0.3) is 11.5 Å². The lowest BCUT2D eigenvalue weighted by atomic mass is 10.1. The zero-order valence-electron chi connectivity index (χ0n) is 13.9. The molecule has 3 aromatic rings. The monoisotopic (exact) mass is 471 g/mol. The molecule has 7 nitrogen and oxygen atoms in total. The van der Waals surface area contributed by atoms with Crippen LogP contribution in [0.3, 0.4) is 0 Å². The number of rotatable bonds is 5. The Morgan fingerprint density at radius 1 is 1.38 bits per heavy atom. The van der Waals surface area contributed by atoms with Crippen LogP contribution in [0.4, 0.5) is 15.9 Å². The van der Waals surface area contributed by atoms with Gasteiger partial charge in [0.2, 0.25) is 0 Å². The molecule has 3 rings (SSSR count). The van der Waals surface area contributed by atoms with Gasteiger partial charge in [0, 0.05) is 10.6 Å². The zero-order valence-corrected chi connectivity index (χ0v) is 16.1. The lowest BCUT2D eigenvalue weighted by Gasteiger charge is -2.16. The fraction of sp³-hybridized carbons (Fsp3) is 0.176. The molecule has 1 amide bonds. The number of carbonyl (C=O) groups is 1. The molecule has 2 aromatic heterocycles. The van der Waals surface area contributed by atoms with Crippen LogP contribution in [-0.2, 0) is 11.9 Å². The molecule has 0 aliphatic rings. The first kappa shape index (κ1) is 18.4. The Morgan fingerprint density at radius 3 is 2.85 bits per heavy atom.